The second-order valence-corrected chi connectivity index (χ2v) is 4.98. The first-order valence-corrected chi connectivity index (χ1v) is 6.89. The van der Waals surface area contributed by atoms with Gasteiger partial charge in [-0.25, -0.2) is 18.2 Å². The Balaban J connectivity index is 1.61. The van der Waals surface area contributed by atoms with E-state index >= 15 is 0 Å². The van der Waals surface area contributed by atoms with Gasteiger partial charge in [0.1, 0.15) is 11.5 Å². The van der Waals surface area contributed by atoms with Crippen molar-refractivity contribution in [3.8, 4) is 0 Å². The van der Waals surface area contributed by atoms with Gasteiger partial charge in [-0.1, -0.05) is 0 Å². The Bertz CT molecular complexity index is 876. The summed E-state index contributed by atoms with van der Waals surface area (Å²) in [6, 6.07) is 5.83. The third-order valence-corrected chi connectivity index (χ3v) is 3.31. The second kappa shape index (κ2) is 6.12. The lowest BCUT2D eigenvalue weighted by Crippen LogP contribution is -2.25. The lowest BCUT2D eigenvalue weighted by Gasteiger charge is -2.04. The number of fused-ring (bicyclic) bond motifs is 1. The van der Waals surface area contributed by atoms with Crippen LogP contribution in [0.25, 0.3) is 5.65 Å². The van der Waals surface area contributed by atoms with E-state index < -0.39 is 17.5 Å². The number of hydrogen-bond donors (Lipinski definition) is 1. The third-order valence-electron chi connectivity index (χ3n) is 3.31. The number of imidazole rings is 1. The van der Waals surface area contributed by atoms with Gasteiger partial charge in [-0.2, -0.15) is 0 Å². The molecule has 1 amide bonds. The van der Waals surface area contributed by atoms with Crippen LogP contribution in [0.3, 0.4) is 0 Å². The summed E-state index contributed by atoms with van der Waals surface area (Å²) in [5.41, 5.74) is 1.33. The molecule has 7 heteroatoms. The summed E-state index contributed by atoms with van der Waals surface area (Å²) in [4.78, 5) is 16.1. The molecular formula is C16H12F3N3O. The highest BCUT2D eigenvalue weighted by Gasteiger charge is 2.10. The molecule has 0 saturated heterocycles. The second-order valence-electron chi connectivity index (χ2n) is 4.98. The quantitative estimate of drug-likeness (QED) is 0.804. The predicted molar refractivity (Wildman–Crippen MR) is 77.5 cm³/mol. The number of rotatable bonds is 4. The van der Waals surface area contributed by atoms with Crippen molar-refractivity contribution in [2.24, 2.45) is 0 Å². The number of nitrogens with one attached hydrogen (secondary N) is 1. The van der Waals surface area contributed by atoms with Crippen molar-refractivity contribution in [1.82, 2.24) is 14.7 Å². The fourth-order valence-corrected chi connectivity index (χ4v) is 2.18. The Morgan fingerprint density at radius 3 is 2.70 bits per heavy atom. The first kappa shape index (κ1) is 15.1. The maximum absolute atomic E-state index is 13.1. The minimum atomic E-state index is -1.07. The van der Waals surface area contributed by atoms with Gasteiger partial charge in [-0.15, -0.1) is 0 Å². The van der Waals surface area contributed by atoms with Crippen LogP contribution >= 0.6 is 0 Å². The average Bonchev–Trinajstić information content (AvgIpc) is 2.91. The average molecular weight is 319 g/mol. The van der Waals surface area contributed by atoms with E-state index in [-0.39, 0.29) is 17.9 Å². The van der Waals surface area contributed by atoms with Gasteiger partial charge in [0.2, 0.25) is 0 Å². The molecule has 0 saturated carbocycles. The van der Waals surface area contributed by atoms with E-state index in [0.29, 0.717) is 17.8 Å². The van der Waals surface area contributed by atoms with Crippen molar-refractivity contribution in [2.75, 3.05) is 6.54 Å². The Kier molecular flexibility index (Phi) is 4.01. The van der Waals surface area contributed by atoms with Crippen molar-refractivity contribution >= 4 is 11.6 Å². The third kappa shape index (κ3) is 3.33. The van der Waals surface area contributed by atoms with Crippen LogP contribution in [0.5, 0.6) is 0 Å². The lowest BCUT2D eigenvalue weighted by molar-refractivity contribution is 0.0953. The summed E-state index contributed by atoms with van der Waals surface area (Å²) in [7, 11) is 0. The predicted octanol–water partition coefficient (Wildman–Crippen LogP) is 2.72. The molecule has 0 fully saturated rings. The minimum absolute atomic E-state index is 0.0426. The van der Waals surface area contributed by atoms with Crippen LogP contribution < -0.4 is 5.32 Å². The summed E-state index contributed by atoms with van der Waals surface area (Å²) < 4.78 is 40.5. The van der Waals surface area contributed by atoms with Crippen molar-refractivity contribution in [3.63, 3.8) is 0 Å². The smallest absolute Gasteiger partial charge is 0.251 e. The minimum Gasteiger partial charge on any atom is -0.352 e. The number of aromatic nitrogens is 2. The van der Waals surface area contributed by atoms with Gasteiger partial charge in [0.25, 0.3) is 5.91 Å². The maximum Gasteiger partial charge on any atom is 0.251 e. The molecule has 0 spiro atoms. The molecule has 0 radical (unpaired) electrons. The molecule has 1 aromatic carbocycles. The molecule has 0 atom stereocenters. The van der Waals surface area contributed by atoms with Crippen LogP contribution in [-0.4, -0.2) is 21.8 Å². The summed E-state index contributed by atoms with van der Waals surface area (Å²) in [5.74, 6) is -2.94. The summed E-state index contributed by atoms with van der Waals surface area (Å²) >= 11 is 0. The van der Waals surface area contributed by atoms with Crippen LogP contribution in [0.15, 0.2) is 42.7 Å². The van der Waals surface area contributed by atoms with Crippen molar-refractivity contribution in [3.05, 3.63) is 71.4 Å². The normalized spacial score (nSPS) is 10.9. The first-order valence-electron chi connectivity index (χ1n) is 6.89. The zero-order valence-corrected chi connectivity index (χ0v) is 11.9. The standard InChI is InChI=1S/C16H12F3N3O/c17-11-2-4-15-21-12(9-22(15)8-11)5-6-20-16(23)10-1-3-13(18)14(19)7-10/h1-4,7-9H,5-6H2,(H,20,23). The lowest BCUT2D eigenvalue weighted by atomic mass is 10.2. The van der Waals surface area contributed by atoms with Crippen LogP contribution in [0, 0.1) is 17.5 Å². The molecule has 0 bridgehead atoms. The van der Waals surface area contributed by atoms with Crippen molar-refractivity contribution in [2.45, 2.75) is 6.42 Å². The Hall–Kier alpha value is -2.83. The van der Waals surface area contributed by atoms with Gasteiger partial charge in [0, 0.05) is 30.9 Å². The molecule has 4 nitrogen and oxygen atoms in total. The number of halogens is 3. The molecule has 0 aliphatic heterocycles. The molecule has 3 aromatic rings. The molecule has 2 heterocycles. The van der Waals surface area contributed by atoms with Crippen LogP contribution in [0.4, 0.5) is 13.2 Å². The topological polar surface area (TPSA) is 46.4 Å². The molecule has 1 N–H and O–H groups in total. The Morgan fingerprint density at radius 1 is 1.09 bits per heavy atom. The summed E-state index contributed by atoms with van der Waals surface area (Å²) in [6.07, 6.45) is 3.41. The Morgan fingerprint density at radius 2 is 1.91 bits per heavy atom. The maximum atomic E-state index is 13.1. The zero-order valence-electron chi connectivity index (χ0n) is 11.9. The van der Waals surface area contributed by atoms with Gasteiger partial charge in [-0.05, 0) is 30.3 Å². The fourth-order valence-electron chi connectivity index (χ4n) is 2.18. The molecule has 0 aliphatic rings. The van der Waals surface area contributed by atoms with E-state index in [1.165, 1.54) is 18.3 Å². The van der Waals surface area contributed by atoms with Crippen LogP contribution in [-0.2, 0) is 6.42 Å². The van der Waals surface area contributed by atoms with Gasteiger partial charge < -0.3 is 9.72 Å². The SMILES string of the molecule is O=C(NCCc1cn2cc(F)ccc2n1)c1ccc(F)c(F)c1. The van der Waals surface area contributed by atoms with Gasteiger partial charge in [-0.3, -0.25) is 4.79 Å². The number of carbonyl (C=O) groups is 1. The van der Waals surface area contributed by atoms with Gasteiger partial charge in [0.05, 0.1) is 5.69 Å². The van der Waals surface area contributed by atoms with Crippen molar-refractivity contribution < 1.29 is 18.0 Å². The van der Waals surface area contributed by atoms with Gasteiger partial charge in [0.15, 0.2) is 11.6 Å². The number of nitrogens with zero attached hydrogens (tertiary/aromatic N) is 2. The number of benzene rings is 1. The van der Waals surface area contributed by atoms with E-state index in [1.54, 1.807) is 16.7 Å². The first-order chi connectivity index (χ1) is 11.0. The molecule has 0 unspecified atom stereocenters. The van der Waals surface area contributed by atoms with E-state index in [1.807, 2.05) is 0 Å². The largest absolute Gasteiger partial charge is 0.352 e. The van der Waals surface area contributed by atoms with Crippen LogP contribution in [0.1, 0.15) is 16.1 Å². The highest BCUT2D eigenvalue weighted by molar-refractivity contribution is 5.94. The van der Waals surface area contributed by atoms with Gasteiger partial charge >= 0.3 is 0 Å². The molecule has 2 aromatic heterocycles. The Labute approximate surface area is 129 Å². The monoisotopic (exact) mass is 319 g/mol. The molecule has 3 rings (SSSR count). The fraction of sp³-hybridized carbons (Fsp3) is 0.125. The molecule has 0 aliphatic carbocycles. The van der Waals surface area contributed by atoms with E-state index in [2.05, 4.69) is 10.3 Å². The summed E-state index contributed by atoms with van der Waals surface area (Å²) in [6.45, 7) is 0.268. The number of pyridine rings is 1. The zero-order chi connectivity index (χ0) is 16.4. The highest BCUT2D eigenvalue weighted by atomic mass is 19.2. The van der Waals surface area contributed by atoms with Crippen LogP contribution in [0.2, 0.25) is 0 Å². The number of hydrogen-bond acceptors (Lipinski definition) is 2. The number of carbonyl (C=O) groups excluding carboxylic acids is 1. The molecular weight excluding hydrogens is 307 g/mol. The van der Waals surface area contributed by atoms with E-state index in [4.69, 9.17) is 0 Å². The molecule has 23 heavy (non-hydrogen) atoms. The highest BCUT2D eigenvalue weighted by Crippen LogP contribution is 2.09. The van der Waals surface area contributed by atoms with Crippen molar-refractivity contribution in [1.29, 1.82) is 0 Å². The number of amides is 1. The summed E-state index contributed by atoms with van der Waals surface area (Å²) in [5, 5.41) is 2.60. The van der Waals surface area contributed by atoms with E-state index in [0.717, 1.165) is 12.1 Å². The molecule has 118 valence electrons. The van der Waals surface area contributed by atoms with E-state index in [9.17, 15) is 18.0 Å².